The molecule has 0 fully saturated rings. The van der Waals surface area contributed by atoms with Crippen molar-refractivity contribution in [1.82, 2.24) is 0 Å². The lowest BCUT2D eigenvalue weighted by Crippen LogP contribution is -2.16. The van der Waals surface area contributed by atoms with Gasteiger partial charge in [-0.1, -0.05) is 12.1 Å². The van der Waals surface area contributed by atoms with E-state index in [1.54, 1.807) is 6.92 Å². The molecule has 0 atom stereocenters. The number of aryl methyl sites for hydroxylation is 1. The standard InChI is InChI=1S/C14H13F2NO3S/c1-9-2-5-12(16)13(6-9)17-21(19,20)14-7-11(15)4-3-10(14)8-18/h2-7,17-18H,8H2,1H3. The smallest absolute Gasteiger partial charge is 0.262 e. The van der Waals surface area contributed by atoms with Crippen LogP contribution in [0.5, 0.6) is 0 Å². The molecule has 4 nitrogen and oxygen atoms in total. The van der Waals surface area contributed by atoms with Gasteiger partial charge in [0, 0.05) is 0 Å². The zero-order valence-electron chi connectivity index (χ0n) is 11.1. The molecule has 0 saturated heterocycles. The SMILES string of the molecule is Cc1ccc(F)c(NS(=O)(=O)c2cc(F)ccc2CO)c1. The van der Waals surface area contributed by atoms with Crippen LogP contribution >= 0.6 is 0 Å². The van der Waals surface area contributed by atoms with Crippen LogP contribution in [-0.2, 0) is 16.6 Å². The minimum absolute atomic E-state index is 0.0250. The number of rotatable bonds is 4. The third-order valence-corrected chi connectivity index (χ3v) is 4.30. The maximum absolute atomic E-state index is 13.6. The average molecular weight is 313 g/mol. The first kappa shape index (κ1) is 15.4. The van der Waals surface area contributed by atoms with Gasteiger partial charge in [-0.25, -0.2) is 17.2 Å². The highest BCUT2D eigenvalue weighted by Crippen LogP contribution is 2.23. The van der Waals surface area contributed by atoms with E-state index in [1.165, 1.54) is 12.1 Å². The van der Waals surface area contributed by atoms with Crippen LogP contribution in [0.1, 0.15) is 11.1 Å². The highest BCUT2D eigenvalue weighted by atomic mass is 32.2. The van der Waals surface area contributed by atoms with Gasteiger partial charge in [0.2, 0.25) is 0 Å². The molecule has 0 radical (unpaired) electrons. The Morgan fingerprint density at radius 1 is 1.14 bits per heavy atom. The van der Waals surface area contributed by atoms with Crippen molar-refractivity contribution in [2.24, 2.45) is 0 Å². The molecule has 0 saturated carbocycles. The summed E-state index contributed by atoms with van der Waals surface area (Å²) in [4.78, 5) is -0.425. The monoisotopic (exact) mass is 313 g/mol. The number of halogens is 2. The maximum Gasteiger partial charge on any atom is 0.262 e. The van der Waals surface area contributed by atoms with Crippen LogP contribution in [-0.4, -0.2) is 13.5 Å². The molecule has 0 amide bonds. The van der Waals surface area contributed by atoms with Gasteiger partial charge in [-0.05, 0) is 42.3 Å². The predicted molar refractivity (Wildman–Crippen MR) is 74.3 cm³/mol. The molecule has 0 aromatic heterocycles. The van der Waals surface area contributed by atoms with Crippen molar-refractivity contribution in [1.29, 1.82) is 0 Å². The zero-order chi connectivity index (χ0) is 15.6. The second-order valence-electron chi connectivity index (χ2n) is 4.50. The van der Waals surface area contributed by atoms with Crippen molar-refractivity contribution in [3.8, 4) is 0 Å². The van der Waals surface area contributed by atoms with Crippen molar-refractivity contribution in [2.45, 2.75) is 18.4 Å². The van der Waals surface area contributed by atoms with E-state index in [1.807, 2.05) is 0 Å². The summed E-state index contributed by atoms with van der Waals surface area (Å²) in [6, 6.07) is 6.93. The third-order valence-electron chi connectivity index (χ3n) is 2.86. The van der Waals surface area contributed by atoms with Gasteiger partial charge in [0.05, 0.1) is 17.2 Å². The Balaban J connectivity index is 2.48. The number of aliphatic hydroxyl groups excluding tert-OH is 1. The average Bonchev–Trinajstić information content (AvgIpc) is 2.42. The van der Waals surface area contributed by atoms with E-state index in [0.29, 0.717) is 5.56 Å². The Bertz CT molecular complexity index is 776. The molecule has 2 aromatic rings. The van der Waals surface area contributed by atoms with Gasteiger partial charge in [0.1, 0.15) is 11.6 Å². The molecule has 0 unspecified atom stereocenters. The van der Waals surface area contributed by atoms with Gasteiger partial charge >= 0.3 is 0 Å². The number of benzene rings is 2. The largest absolute Gasteiger partial charge is 0.392 e. The van der Waals surface area contributed by atoms with E-state index in [4.69, 9.17) is 5.11 Å². The molecule has 0 aliphatic heterocycles. The lowest BCUT2D eigenvalue weighted by Gasteiger charge is -2.12. The van der Waals surface area contributed by atoms with Crippen LogP contribution in [0.3, 0.4) is 0 Å². The molecule has 0 heterocycles. The lowest BCUT2D eigenvalue weighted by molar-refractivity contribution is 0.278. The quantitative estimate of drug-likeness (QED) is 0.911. The van der Waals surface area contributed by atoms with Gasteiger partial charge in [0.15, 0.2) is 0 Å². The minimum atomic E-state index is -4.21. The second kappa shape index (κ2) is 5.79. The summed E-state index contributed by atoms with van der Waals surface area (Å²) < 4.78 is 53.4. The number of aliphatic hydroxyl groups is 1. The molecule has 0 aliphatic carbocycles. The van der Waals surface area contributed by atoms with E-state index < -0.39 is 33.2 Å². The van der Waals surface area contributed by atoms with Crippen LogP contribution in [0.2, 0.25) is 0 Å². The second-order valence-corrected chi connectivity index (χ2v) is 6.15. The van der Waals surface area contributed by atoms with Crippen molar-refractivity contribution >= 4 is 15.7 Å². The molecular weight excluding hydrogens is 300 g/mol. The summed E-state index contributed by atoms with van der Waals surface area (Å²) in [5.41, 5.74) is 0.454. The van der Waals surface area contributed by atoms with Gasteiger partial charge in [-0.15, -0.1) is 0 Å². The van der Waals surface area contributed by atoms with Gasteiger partial charge in [-0.3, -0.25) is 4.72 Å². The summed E-state index contributed by atoms with van der Waals surface area (Å²) in [6.45, 7) is 1.10. The number of anilines is 1. The lowest BCUT2D eigenvalue weighted by atomic mass is 10.2. The van der Waals surface area contributed by atoms with Crippen LogP contribution in [0.4, 0.5) is 14.5 Å². The first-order chi connectivity index (χ1) is 9.83. The van der Waals surface area contributed by atoms with Gasteiger partial charge < -0.3 is 5.11 Å². The fraction of sp³-hybridized carbons (Fsp3) is 0.143. The predicted octanol–water partition coefficient (Wildman–Crippen LogP) is 2.57. The van der Waals surface area contributed by atoms with E-state index in [9.17, 15) is 17.2 Å². The number of sulfonamides is 1. The minimum Gasteiger partial charge on any atom is -0.392 e. The highest BCUT2D eigenvalue weighted by molar-refractivity contribution is 7.92. The number of nitrogens with one attached hydrogen (secondary N) is 1. The Morgan fingerprint density at radius 3 is 2.52 bits per heavy atom. The maximum atomic E-state index is 13.6. The molecule has 0 aliphatic rings. The topological polar surface area (TPSA) is 66.4 Å². The van der Waals surface area contributed by atoms with Crippen LogP contribution in [0.25, 0.3) is 0 Å². The fourth-order valence-electron chi connectivity index (χ4n) is 1.83. The summed E-state index contributed by atoms with van der Waals surface area (Å²) in [6.07, 6.45) is 0. The molecule has 0 spiro atoms. The van der Waals surface area contributed by atoms with Crippen molar-refractivity contribution in [3.05, 3.63) is 59.2 Å². The molecule has 7 heteroatoms. The Morgan fingerprint density at radius 2 is 1.86 bits per heavy atom. The van der Waals surface area contributed by atoms with E-state index in [0.717, 1.165) is 24.3 Å². The highest BCUT2D eigenvalue weighted by Gasteiger charge is 2.20. The molecule has 2 aromatic carbocycles. The van der Waals surface area contributed by atoms with E-state index >= 15 is 0 Å². The van der Waals surface area contributed by atoms with Crippen molar-refractivity contribution in [2.75, 3.05) is 4.72 Å². The Hall–Kier alpha value is -1.99. The van der Waals surface area contributed by atoms with Crippen LogP contribution in [0.15, 0.2) is 41.3 Å². The van der Waals surface area contributed by atoms with E-state index in [2.05, 4.69) is 4.72 Å². The first-order valence-electron chi connectivity index (χ1n) is 6.02. The molecule has 2 rings (SSSR count). The van der Waals surface area contributed by atoms with E-state index in [-0.39, 0.29) is 11.3 Å². The summed E-state index contributed by atoms with van der Waals surface area (Å²) in [5, 5.41) is 9.15. The van der Waals surface area contributed by atoms with Gasteiger partial charge in [0.25, 0.3) is 10.0 Å². The molecule has 2 N–H and O–H groups in total. The van der Waals surface area contributed by atoms with Crippen LogP contribution < -0.4 is 4.72 Å². The van der Waals surface area contributed by atoms with Crippen molar-refractivity contribution in [3.63, 3.8) is 0 Å². The summed E-state index contributed by atoms with van der Waals surface area (Å²) in [5.74, 6) is -1.51. The Kier molecular flexibility index (Phi) is 4.24. The zero-order valence-corrected chi connectivity index (χ0v) is 11.9. The summed E-state index contributed by atoms with van der Waals surface area (Å²) in [7, 11) is -4.21. The van der Waals surface area contributed by atoms with Crippen molar-refractivity contribution < 1.29 is 22.3 Å². The molecular formula is C14H13F2NO3S. The van der Waals surface area contributed by atoms with Crippen LogP contribution in [0, 0.1) is 18.6 Å². The third kappa shape index (κ3) is 3.37. The fourth-order valence-corrected chi connectivity index (χ4v) is 3.13. The van der Waals surface area contributed by atoms with Gasteiger partial charge in [-0.2, -0.15) is 0 Å². The first-order valence-corrected chi connectivity index (χ1v) is 7.50. The Labute approximate surface area is 121 Å². The number of hydrogen-bond donors (Lipinski definition) is 2. The number of hydrogen-bond acceptors (Lipinski definition) is 3. The molecule has 0 bridgehead atoms. The normalized spacial score (nSPS) is 11.4. The molecule has 112 valence electrons. The molecule has 21 heavy (non-hydrogen) atoms. The summed E-state index contributed by atoms with van der Waals surface area (Å²) >= 11 is 0.